The molecule has 0 aliphatic carbocycles. The third-order valence-corrected chi connectivity index (χ3v) is 6.57. The maximum absolute atomic E-state index is 12.9. The summed E-state index contributed by atoms with van der Waals surface area (Å²) in [5.74, 6) is 0. The predicted octanol–water partition coefficient (Wildman–Crippen LogP) is 5.30. The molecular formula is C26H36N4O. The van der Waals surface area contributed by atoms with Crippen molar-refractivity contribution in [3.63, 3.8) is 0 Å². The van der Waals surface area contributed by atoms with Gasteiger partial charge in [0.2, 0.25) is 0 Å². The van der Waals surface area contributed by atoms with Gasteiger partial charge in [-0.15, -0.1) is 0 Å². The first-order chi connectivity index (χ1) is 14.7. The van der Waals surface area contributed by atoms with Crippen LogP contribution in [0, 0.1) is 12.3 Å². The molecule has 2 aromatic heterocycles. The van der Waals surface area contributed by atoms with Crippen LogP contribution in [0.3, 0.4) is 0 Å². The Morgan fingerprint density at radius 2 is 1.77 bits per heavy atom. The molecule has 0 saturated carbocycles. The Kier molecular flexibility index (Phi) is 5.82. The maximum Gasteiger partial charge on any atom is 0.330 e. The zero-order chi connectivity index (χ0) is 22.3. The fourth-order valence-electron chi connectivity index (χ4n) is 4.74. The highest BCUT2D eigenvalue weighted by atomic mass is 16.1. The van der Waals surface area contributed by atoms with Gasteiger partial charge in [-0.05, 0) is 74.5 Å². The summed E-state index contributed by atoms with van der Waals surface area (Å²) in [7, 11) is 1.82. The number of nitrogens with zero attached hydrogens (tertiary/aromatic N) is 4. The van der Waals surface area contributed by atoms with E-state index in [4.69, 9.17) is 4.98 Å². The molecule has 1 saturated heterocycles. The minimum atomic E-state index is -0.00114. The minimum Gasteiger partial charge on any atom is -0.297 e. The fraction of sp³-hybridized carbons (Fsp3) is 0.538. The number of benzene rings is 1. The normalized spacial score (nSPS) is 16.7. The highest BCUT2D eigenvalue weighted by molar-refractivity contribution is 5.77. The molecule has 0 N–H and O–H groups in total. The van der Waals surface area contributed by atoms with E-state index >= 15 is 0 Å². The van der Waals surface area contributed by atoms with Crippen LogP contribution in [-0.2, 0) is 13.6 Å². The van der Waals surface area contributed by atoms with E-state index in [2.05, 4.69) is 69.9 Å². The van der Waals surface area contributed by atoms with E-state index in [1.807, 2.05) is 11.6 Å². The molecule has 0 amide bonds. The molecule has 5 heteroatoms. The van der Waals surface area contributed by atoms with Gasteiger partial charge in [0.15, 0.2) is 5.65 Å². The number of pyridine rings is 1. The molecular weight excluding hydrogens is 384 g/mol. The summed E-state index contributed by atoms with van der Waals surface area (Å²) in [4.78, 5) is 20.4. The molecule has 3 heterocycles. The molecule has 5 nitrogen and oxygen atoms in total. The molecule has 1 aliphatic heterocycles. The molecule has 0 radical (unpaired) electrons. The largest absolute Gasteiger partial charge is 0.330 e. The molecule has 0 bridgehead atoms. The Labute approximate surface area is 185 Å². The zero-order valence-corrected chi connectivity index (χ0v) is 19.9. The van der Waals surface area contributed by atoms with Crippen molar-refractivity contribution in [1.29, 1.82) is 0 Å². The lowest BCUT2D eigenvalue weighted by molar-refractivity contribution is 0.175. The molecule has 3 aromatic rings. The Morgan fingerprint density at radius 3 is 2.45 bits per heavy atom. The number of fused-ring (bicyclic) bond motifs is 1. The summed E-state index contributed by atoms with van der Waals surface area (Å²) in [6.07, 6.45) is 3.93. The third-order valence-electron chi connectivity index (χ3n) is 6.57. The lowest BCUT2D eigenvalue weighted by Gasteiger charge is -2.33. The molecule has 166 valence electrons. The second kappa shape index (κ2) is 8.27. The fourth-order valence-corrected chi connectivity index (χ4v) is 4.74. The SMILES string of the molecule is Cc1ccc([C@H](C)N2CCCCC2)cc1-c1ccc2c(n1)n(C)c(=O)n2CC(C)(C)C. The molecule has 4 rings (SSSR count). The van der Waals surface area contributed by atoms with E-state index in [9.17, 15) is 4.79 Å². The number of aryl methyl sites for hydroxylation is 2. The summed E-state index contributed by atoms with van der Waals surface area (Å²) >= 11 is 0. The van der Waals surface area contributed by atoms with Gasteiger partial charge in [0, 0.05) is 25.2 Å². The standard InChI is InChI=1S/C26H36N4O/c1-18-10-11-20(19(2)29-14-8-7-9-15-29)16-21(18)22-12-13-23-24(27-22)28(6)25(31)30(23)17-26(3,4)5/h10-13,16,19H,7-9,14-15,17H2,1-6H3/t19-/m0/s1. The van der Waals surface area contributed by atoms with Gasteiger partial charge in [0.25, 0.3) is 0 Å². The van der Waals surface area contributed by atoms with Crippen LogP contribution in [0.25, 0.3) is 22.4 Å². The van der Waals surface area contributed by atoms with Gasteiger partial charge < -0.3 is 0 Å². The van der Waals surface area contributed by atoms with Crippen LogP contribution in [0.1, 0.15) is 64.1 Å². The van der Waals surface area contributed by atoms with Gasteiger partial charge in [-0.3, -0.25) is 14.0 Å². The summed E-state index contributed by atoms with van der Waals surface area (Å²) in [5.41, 5.74) is 6.30. The van der Waals surface area contributed by atoms with Gasteiger partial charge in [0.1, 0.15) is 0 Å². The average molecular weight is 421 g/mol. The second-order valence-electron chi connectivity index (χ2n) is 10.4. The highest BCUT2D eigenvalue weighted by Crippen LogP contribution is 2.30. The van der Waals surface area contributed by atoms with Crippen molar-refractivity contribution < 1.29 is 0 Å². The van der Waals surface area contributed by atoms with E-state index < -0.39 is 0 Å². The van der Waals surface area contributed by atoms with Crippen molar-refractivity contribution in [2.45, 2.75) is 66.5 Å². The number of piperidine rings is 1. The minimum absolute atomic E-state index is 0.00114. The first-order valence-corrected chi connectivity index (χ1v) is 11.6. The van der Waals surface area contributed by atoms with Gasteiger partial charge in [0.05, 0.1) is 11.2 Å². The summed E-state index contributed by atoms with van der Waals surface area (Å²) in [6, 6.07) is 11.3. The lowest BCUT2D eigenvalue weighted by Crippen LogP contribution is -2.32. The first-order valence-electron chi connectivity index (χ1n) is 11.6. The summed E-state index contributed by atoms with van der Waals surface area (Å²) < 4.78 is 3.54. The summed E-state index contributed by atoms with van der Waals surface area (Å²) in [5, 5.41) is 0. The first kappa shape index (κ1) is 21.8. The Hall–Kier alpha value is -2.40. The molecule has 0 unspecified atom stereocenters. The monoisotopic (exact) mass is 420 g/mol. The molecule has 1 aromatic carbocycles. The Bertz CT molecular complexity index is 1140. The van der Waals surface area contributed by atoms with Crippen molar-refractivity contribution in [2.75, 3.05) is 13.1 Å². The number of hydrogen-bond donors (Lipinski definition) is 0. The van der Waals surface area contributed by atoms with Crippen molar-refractivity contribution in [3.05, 3.63) is 51.9 Å². The van der Waals surface area contributed by atoms with E-state index in [0.717, 1.165) is 22.4 Å². The van der Waals surface area contributed by atoms with Crippen LogP contribution >= 0.6 is 0 Å². The smallest absolute Gasteiger partial charge is 0.297 e. The van der Waals surface area contributed by atoms with Crippen LogP contribution in [0.4, 0.5) is 0 Å². The second-order valence-corrected chi connectivity index (χ2v) is 10.4. The number of hydrogen-bond acceptors (Lipinski definition) is 3. The number of likely N-dealkylation sites (tertiary alicyclic amines) is 1. The van der Waals surface area contributed by atoms with E-state index in [1.165, 1.54) is 43.5 Å². The Balaban J connectivity index is 1.75. The van der Waals surface area contributed by atoms with Crippen LogP contribution in [0.2, 0.25) is 0 Å². The third kappa shape index (κ3) is 4.33. The number of rotatable bonds is 4. The summed E-state index contributed by atoms with van der Waals surface area (Å²) in [6.45, 7) is 13.9. The Morgan fingerprint density at radius 1 is 1.06 bits per heavy atom. The van der Waals surface area contributed by atoms with Crippen molar-refractivity contribution in [3.8, 4) is 11.3 Å². The van der Waals surface area contributed by atoms with E-state index in [1.54, 1.807) is 4.57 Å². The van der Waals surface area contributed by atoms with Crippen molar-refractivity contribution in [1.82, 2.24) is 19.0 Å². The maximum atomic E-state index is 12.9. The van der Waals surface area contributed by atoms with Crippen molar-refractivity contribution in [2.24, 2.45) is 12.5 Å². The molecule has 1 aliphatic rings. The number of imidazole rings is 1. The molecule has 31 heavy (non-hydrogen) atoms. The van der Waals surface area contributed by atoms with Crippen molar-refractivity contribution >= 4 is 11.2 Å². The highest BCUT2D eigenvalue weighted by Gasteiger charge is 2.21. The van der Waals surface area contributed by atoms with Crippen LogP contribution in [0.5, 0.6) is 0 Å². The molecule has 1 fully saturated rings. The predicted molar refractivity (Wildman–Crippen MR) is 128 cm³/mol. The van der Waals surface area contributed by atoms with Crippen LogP contribution in [-0.4, -0.2) is 32.1 Å². The molecule has 0 spiro atoms. The van der Waals surface area contributed by atoms with Crippen LogP contribution < -0.4 is 5.69 Å². The van der Waals surface area contributed by atoms with Gasteiger partial charge in [-0.2, -0.15) is 0 Å². The zero-order valence-electron chi connectivity index (χ0n) is 19.9. The quantitative estimate of drug-likeness (QED) is 0.575. The number of aromatic nitrogens is 3. The topological polar surface area (TPSA) is 43.1 Å². The van der Waals surface area contributed by atoms with E-state index in [-0.39, 0.29) is 11.1 Å². The van der Waals surface area contributed by atoms with E-state index in [0.29, 0.717) is 12.6 Å². The molecule has 1 atom stereocenters. The van der Waals surface area contributed by atoms with Gasteiger partial charge >= 0.3 is 5.69 Å². The average Bonchev–Trinajstić information content (AvgIpc) is 2.97. The van der Waals surface area contributed by atoms with Crippen LogP contribution in [0.15, 0.2) is 35.1 Å². The lowest BCUT2D eigenvalue weighted by atomic mass is 9.96. The van der Waals surface area contributed by atoms with Gasteiger partial charge in [-0.1, -0.05) is 39.3 Å². The van der Waals surface area contributed by atoms with Gasteiger partial charge in [-0.25, -0.2) is 9.78 Å².